The predicted octanol–water partition coefficient (Wildman–Crippen LogP) is 3.28. The molecule has 7 nitrogen and oxygen atoms in total. The number of ether oxygens (including phenoxy) is 1. The summed E-state index contributed by atoms with van der Waals surface area (Å²) in [5.41, 5.74) is 3.03. The third-order valence-electron chi connectivity index (χ3n) is 5.10. The molecule has 0 atom stereocenters. The maximum Gasteiger partial charge on any atom is 0.330 e. The summed E-state index contributed by atoms with van der Waals surface area (Å²) in [5.74, 6) is 0.641. The van der Waals surface area contributed by atoms with E-state index in [1.165, 1.54) is 4.57 Å². The van der Waals surface area contributed by atoms with E-state index in [1.807, 2.05) is 54.0 Å². The van der Waals surface area contributed by atoms with Gasteiger partial charge >= 0.3 is 5.69 Å². The normalized spacial score (nSPS) is 11.3. The standard InChI is InChI=1S/C23H24N4O3/c1-3-13-27-21-19(22(28)25-23(27)29)26(14-15-30-2)20(24-21)18-11-9-17(10-12-18)16-7-5-4-6-8-16/h4-12H,3,13-15H2,1-2H3,(H,25,28,29). The Kier molecular flexibility index (Phi) is 5.63. The van der Waals surface area contributed by atoms with Gasteiger partial charge in [0.2, 0.25) is 0 Å². The molecule has 0 aliphatic rings. The summed E-state index contributed by atoms with van der Waals surface area (Å²) in [6, 6.07) is 18.2. The smallest absolute Gasteiger partial charge is 0.330 e. The van der Waals surface area contributed by atoms with E-state index in [-0.39, 0.29) is 0 Å². The van der Waals surface area contributed by atoms with Gasteiger partial charge in [-0.25, -0.2) is 9.78 Å². The Morgan fingerprint density at radius 3 is 2.23 bits per heavy atom. The average Bonchev–Trinajstić information content (AvgIpc) is 3.15. The molecule has 2 heterocycles. The van der Waals surface area contributed by atoms with Gasteiger partial charge in [-0.2, -0.15) is 0 Å². The van der Waals surface area contributed by atoms with E-state index in [0.717, 1.165) is 23.1 Å². The first-order valence-electron chi connectivity index (χ1n) is 10.0. The minimum absolute atomic E-state index is 0.391. The highest BCUT2D eigenvalue weighted by Crippen LogP contribution is 2.26. The quantitative estimate of drug-likeness (QED) is 0.513. The van der Waals surface area contributed by atoms with E-state index < -0.39 is 11.2 Å². The van der Waals surface area contributed by atoms with Crippen LogP contribution in [-0.2, 0) is 17.8 Å². The zero-order valence-electron chi connectivity index (χ0n) is 17.1. The van der Waals surface area contributed by atoms with Gasteiger partial charge < -0.3 is 9.30 Å². The molecule has 0 fully saturated rings. The monoisotopic (exact) mass is 404 g/mol. The zero-order valence-corrected chi connectivity index (χ0v) is 17.1. The van der Waals surface area contributed by atoms with Gasteiger partial charge in [0.15, 0.2) is 11.2 Å². The van der Waals surface area contributed by atoms with E-state index >= 15 is 0 Å². The van der Waals surface area contributed by atoms with Crippen LogP contribution in [0, 0.1) is 0 Å². The van der Waals surface area contributed by atoms with Crippen molar-refractivity contribution in [3.63, 3.8) is 0 Å². The van der Waals surface area contributed by atoms with Gasteiger partial charge in [-0.05, 0) is 17.5 Å². The molecule has 0 spiro atoms. The summed E-state index contributed by atoms with van der Waals surface area (Å²) < 4.78 is 8.61. The van der Waals surface area contributed by atoms with Crippen LogP contribution in [0.25, 0.3) is 33.7 Å². The van der Waals surface area contributed by atoms with Crippen molar-refractivity contribution >= 4 is 11.2 Å². The number of imidazole rings is 1. The Bertz CT molecular complexity index is 1270. The van der Waals surface area contributed by atoms with Crippen molar-refractivity contribution in [2.75, 3.05) is 13.7 Å². The molecule has 2 aromatic carbocycles. The largest absolute Gasteiger partial charge is 0.383 e. The van der Waals surface area contributed by atoms with Gasteiger partial charge in [-0.3, -0.25) is 14.3 Å². The maximum atomic E-state index is 12.7. The third kappa shape index (κ3) is 3.59. The van der Waals surface area contributed by atoms with Gasteiger partial charge in [-0.15, -0.1) is 0 Å². The van der Waals surface area contributed by atoms with Gasteiger partial charge in [0.1, 0.15) is 5.82 Å². The van der Waals surface area contributed by atoms with Crippen LogP contribution in [0.5, 0.6) is 0 Å². The molecule has 4 aromatic rings. The molecule has 0 radical (unpaired) electrons. The number of hydrogen-bond donors (Lipinski definition) is 1. The second-order valence-electron chi connectivity index (χ2n) is 7.11. The molecule has 7 heteroatoms. The number of hydrogen-bond acceptors (Lipinski definition) is 4. The first-order chi connectivity index (χ1) is 14.6. The number of aromatic amines is 1. The Hall–Kier alpha value is -3.45. The molecule has 2 aromatic heterocycles. The van der Waals surface area contributed by atoms with E-state index in [4.69, 9.17) is 9.72 Å². The van der Waals surface area contributed by atoms with Crippen LogP contribution in [-0.4, -0.2) is 32.8 Å². The van der Waals surface area contributed by atoms with Crippen LogP contribution in [0.3, 0.4) is 0 Å². The third-order valence-corrected chi connectivity index (χ3v) is 5.10. The van der Waals surface area contributed by atoms with Gasteiger partial charge in [0.25, 0.3) is 5.56 Å². The average molecular weight is 404 g/mol. The van der Waals surface area contributed by atoms with E-state index in [2.05, 4.69) is 17.1 Å². The van der Waals surface area contributed by atoms with Crippen LogP contribution in [0.2, 0.25) is 0 Å². The minimum Gasteiger partial charge on any atom is -0.383 e. The molecule has 154 valence electrons. The second kappa shape index (κ2) is 8.51. The SMILES string of the molecule is CCCn1c(=O)[nH]c(=O)c2c1nc(-c1ccc(-c3ccccc3)cc1)n2CCOC. The summed E-state index contributed by atoms with van der Waals surface area (Å²) in [6.45, 7) is 3.34. The summed E-state index contributed by atoms with van der Waals surface area (Å²) >= 11 is 0. The first-order valence-corrected chi connectivity index (χ1v) is 10.0. The van der Waals surface area contributed by atoms with Crippen molar-refractivity contribution in [3.05, 3.63) is 75.4 Å². The lowest BCUT2D eigenvalue weighted by atomic mass is 10.0. The molecule has 0 bridgehead atoms. The molecule has 0 aliphatic heterocycles. The number of fused-ring (bicyclic) bond motifs is 1. The van der Waals surface area contributed by atoms with Gasteiger partial charge in [0, 0.05) is 25.8 Å². The second-order valence-corrected chi connectivity index (χ2v) is 7.11. The molecule has 30 heavy (non-hydrogen) atoms. The molecule has 0 saturated heterocycles. The number of nitrogens with zero attached hydrogens (tertiary/aromatic N) is 3. The lowest BCUT2D eigenvalue weighted by Crippen LogP contribution is -2.31. The van der Waals surface area contributed by atoms with E-state index in [1.54, 1.807) is 7.11 Å². The molecular weight excluding hydrogens is 380 g/mol. The number of H-pyrrole nitrogens is 1. The Labute approximate surface area is 173 Å². The lowest BCUT2D eigenvalue weighted by Gasteiger charge is -2.09. The van der Waals surface area contributed by atoms with Crippen LogP contribution >= 0.6 is 0 Å². The number of aryl methyl sites for hydroxylation is 1. The number of benzene rings is 2. The summed E-state index contributed by atoms with van der Waals surface area (Å²) in [4.78, 5) is 32.2. The van der Waals surface area contributed by atoms with Crippen LogP contribution in [0.1, 0.15) is 13.3 Å². The van der Waals surface area contributed by atoms with Crippen LogP contribution in [0.15, 0.2) is 64.2 Å². The fourth-order valence-electron chi connectivity index (χ4n) is 3.67. The summed E-state index contributed by atoms with van der Waals surface area (Å²) in [5, 5.41) is 0. The Morgan fingerprint density at radius 1 is 0.900 bits per heavy atom. The molecule has 0 aliphatic carbocycles. The number of nitrogens with one attached hydrogen (secondary N) is 1. The zero-order chi connectivity index (χ0) is 21.1. The highest BCUT2D eigenvalue weighted by Gasteiger charge is 2.19. The van der Waals surface area contributed by atoms with Crippen LogP contribution < -0.4 is 11.2 Å². The van der Waals surface area contributed by atoms with E-state index in [0.29, 0.717) is 36.7 Å². The van der Waals surface area contributed by atoms with Crippen molar-refractivity contribution in [1.82, 2.24) is 19.1 Å². The minimum atomic E-state index is -0.434. The number of methoxy groups -OCH3 is 1. The lowest BCUT2D eigenvalue weighted by molar-refractivity contribution is 0.188. The van der Waals surface area contributed by atoms with Gasteiger partial charge in [0.05, 0.1) is 6.61 Å². The van der Waals surface area contributed by atoms with Crippen molar-refractivity contribution in [2.45, 2.75) is 26.4 Å². The molecule has 1 N–H and O–H groups in total. The number of rotatable bonds is 7. The summed E-state index contributed by atoms with van der Waals surface area (Å²) in [7, 11) is 1.62. The Morgan fingerprint density at radius 2 is 1.57 bits per heavy atom. The highest BCUT2D eigenvalue weighted by atomic mass is 16.5. The molecule has 0 unspecified atom stereocenters. The highest BCUT2D eigenvalue weighted by molar-refractivity contribution is 5.78. The van der Waals surface area contributed by atoms with Crippen molar-refractivity contribution in [3.8, 4) is 22.5 Å². The molecule has 4 rings (SSSR count). The van der Waals surface area contributed by atoms with Gasteiger partial charge in [-0.1, -0.05) is 61.5 Å². The number of aromatic nitrogens is 4. The first kappa shape index (κ1) is 19.8. The fraction of sp³-hybridized carbons (Fsp3) is 0.261. The Balaban J connectivity index is 1.89. The predicted molar refractivity (Wildman–Crippen MR) is 118 cm³/mol. The van der Waals surface area contributed by atoms with Crippen molar-refractivity contribution in [2.24, 2.45) is 0 Å². The van der Waals surface area contributed by atoms with Crippen molar-refractivity contribution < 1.29 is 4.74 Å². The topological polar surface area (TPSA) is 81.9 Å². The fourth-order valence-corrected chi connectivity index (χ4v) is 3.67. The van der Waals surface area contributed by atoms with Crippen molar-refractivity contribution in [1.29, 1.82) is 0 Å². The molecular formula is C23H24N4O3. The van der Waals surface area contributed by atoms with Crippen LogP contribution in [0.4, 0.5) is 0 Å². The summed E-state index contributed by atoms with van der Waals surface area (Å²) in [6.07, 6.45) is 0.757. The maximum absolute atomic E-state index is 12.7. The molecule has 0 saturated carbocycles. The molecule has 0 amide bonds. The van der Waals surface area contributed by atoms with E-state index in [9.17, 15) is 9.59 Å².